The number of fused-ring (bicyclic) bond motifs is 1. The fourth-order valence-electron chi connectivity index (χ4n) is 3.50. The molecule has 0 saturated carbocycles. The van der Waals surface area contributed by atoms with Crippen molar-refractivity contribution < 1.29 is 9.18 Å². The predicted octanol–water partition coefficient (Wildman–Crippen LogP) is 4.32. The van der Waals surface area contributed by atoms with Crippen LogP contribution in [0.4, 0.5) is 10.2 Å². The van der Waals surface area contributed by atoms with E-state index in [2.05, 4.69) is 26.0 Å². The van der Waals surface area contributed by atoms with Crippen molar-refractivity contribution in [2.24, 2.45) is 0 Å². The summed E-state index contributed by atoms with van der Waals surface area (Å²) >= 11 is 3.36. The molecule has 0 bridgehead atoms. The molecule has 0 atom stereocenters. The lowest BCUT2D eigenvalue weighted by Gasteiger charge is -2.19. The van der Waals surface area contributed by atoms with Crippen LogP contribution in [0.1, 0.15) is 35.1 Å². The van der Waals surface area contributed by atoms with Crippen molar-refractivity contribution >= 4 is 27.7 Å². The molecule has 0 unspecified atom stereocenters. The zero-order chi connectivity index (χ0) is 19.0. The molecule has 27 heavy (non-hydrogen) atoms. The van der Waals surface area contributed by atoms with E-state index in [4.69, 9.17) is 0 Å². The molecule has 2 aromatic heterocycles. The molecule has 4 rings (SSSR count). The standard InChI is InChI=1S/C20H18BrFN4O/c1-2-25(18-11-10-13(21)12-23-18)20(27)19-14-6-5-9-16(14)26(24-19)17-8-4-3-7-15(17)22/h3-4,7-8,10-12H,2,5-6,9H2,1H3. The largest absolute Gasteiger partial charge is 0.292 e. The molecule has 138 valence electrons. The summed E-state index contributed by atoms with van der Waals surface area (Å²) in [5, 5.41) is 4.52. The van der Waals surface area contributed by atoms with Crippen molar-refractivity contribution in [3.8, 4) is 5.69 Å². The van der Waals surface area contributed by atoms with Crippen molar-refractivity contribution in [3.05, 3.63) is 69.8 Å². The Bertz CT molecular complexity index is 1000. The molecule has 0 spiro atoms. The molecule has 7 heteroatoms. The second-order valence-corrected chi connectivity index (χ2v) is 7.29. The van der Waals surface area contributed by atoms with Gasteiger partial charge in [-0.3, -0.25) is 9.69 Å². The number of anilines is 1. The number of benzene rings is 1. The summed E-state index contributed by atoms with van der Waals surface area (Å²) in [4.78, 5) is 19.2. The van der Waals surface area contributed by atoms with Crippen LogP contribution in [0.5, 0.6) is 0 Å². The molecule has 0 fully saturated rings. The molecule has 0 saturated heterocycles. The Morgan fingerprint density at radius 3 is 2.78 bits per heavy atom. The highest BCUT2D eigenvalue weighted by molar-refractivity contribution is 9.10. The first-order valence-corrected chi connectivity index (χ1v) is 9.68. The first kappa shape index (κ1) is 17.9. The van der Waals surface area contributed by atoms with Gasteiger partial charge in [-0.05, 0) is 66.4 Å². The van der Waals surface area contributed by atoms with Gasteiger partial charge in [-0.15, -0.1) is 0 Å². The summed E-state index contributed by atoms with van der Waals surface area (Å²) in [6.07, 6.45) is 4.15. The topological polar surface area (TPSA) is 51.0 Å². The Labute approximate surface area is 165 Å². The zero-order valence-electron chi connectivity index (χ0n) is 14.8. The molecular weight excluding hydrogens is 411 g/mol. The van der Waals surface area contributed by atoms with Crippen LogP contribution in [-0.2, 0) is 12.8 Å². The van der Waals surface area contributed by atoms with Gasteiger partial charge in [0.25, 0.3) is 5.91 Å². The van der Waals surface area contributed by atoms with Gasteiger partial charge < -0.3 is 0 Å². The Hall–Kier alpha value is -2.54. The summed E-state index contributed by atoms with van der Waals surface area (Å²) in [6.45, 7) is 2.37. The van der Waals surface area contributed by atoms with Crippen LogP contribution in [0, 0.1) is 5.82 Å². The van der Waals surface area contributed by atoms with Gasteiger partial charge in [0, 0.05) is 28.5 Å². The lowest BCUT2D eigenvalue weighted by atomic mass is 10.2. The van der Waals surface area contributed by atoms with E-state index in [9.17, 15) is 9.18 Å². The summed E-state index contributed by atoms with van der Waals surface area (Å²) < 4.78 is 16.7. The van der Waals surface area contributed by atoms with Gasteiger partial charge in [0.15, 0.2) is 5.69 Å². The highest BCUT2D eigenvalue weighted by Crippen LogP contribution is 2.30. The van der Waals surface area contributed by atoms with Crippen molar-refractivity contribution in [1.29, 1.82) is 0 Å². The average Bonchev–Trinajstić information content (AvgIpc) is 3.27. The fourth-order valence-corrected chi connectivity index (χ4v) is 3.73. The molecule has 1 aliphatic rings. The SMILES string of the molecule is CCN(C(=O)c1nn(-c2ccccc2F)c2c1CCC2)c1ccc(Br)cn1. The van der Waals surface area contributed by atoms with E-state index in [-0.39, 0.29) is 11.7 Å². The number of carbonyl (C=O) groups is 1. The van der Waals surface area contributed by atoms with E-state index in [0.717, 1.165) is 35.0 Å². The molecule has 2 heterocycles. The summed E-state index contributed by atoms with van der Waals surface area (Å²) in [7, 11) is 0. The molecule has 1 amide bonds. The second kappa shape index (κ2) is 7.23. The monoisotopic (exact) mass is 428 g/mol. The van der Waals surface area contributed by atoms with Crippen LogP contribution in [0.3, 0.4) is 0 Å². The van der Waals surface area contributed by atoms with Gasteiger partial charge in [0.1, 0.15) is 17.3 Å². The second-order valence-electron chi connectivity index (χ2n) is 6.37. The van der Waals surface area contributed by atoms with Crippen molar-refractivity contribution in [2.45, 2.75) is 26.2 Å². The number of halogens is 2. The maximum absolute atomic E-state index is 14.3. The molecule has 0 N–H and O–H groups in total. The average molecular weight is 429 g/mol. The highest BCUT2D eigenvalue weighted by atomic mass is 79.9. The van der Waals surface area contributed by atoms with Gasteiger partial charge in [-0.2, -0.15) is 5.10 Å². The molecular formula is C20H18BrFN4O. The van der Waals surface area contributed by atoms with Crippen LogP contribution in [0.2, 0.25) is 0 Å². The highest BCUT2D eigenvalue weighted by Gasteiger charge is 2.30. The molecule has 5 nitrogen and oxygen atoms in total. The number of aromatic nitrogens is 3. The summed E-state index contributed by atoms with van der Waals surface area (Å²) in [5.74, 6) is 0.00840. The minimum absolute atomic E-state index is 0.208. The quantitative estimate of drug-likeness (QED) is 0.621. The fraction of sp³-hybridized carbons (Fsp3) is 0.250. The van der Waals surface area contributed by atoms with Crippen molar-refractivity contribution in [1.82, 2.24) is 14.8 Å². The number of carbonyl (C=O) groups excluding carboxylic acids is 1. The number of amides is 1. The molecule has 1 aliphatic carbocycles. The van der Waals surface area contributed by atoms with E-state index in [1.807, 2.05) is 13.0 Å². The molecule has 3 aromatic rings. The minimum Gasteiger partial charge on any atom is -0.292 e. The van der Waals surface area contributed by atoms with Crippen LogP contribution in [0.15, 0.2) is 47.1 Å². The molecule has 0 aliphatic heterocycles. The predicted molar refractivity (Wildman–Crippen MR) is 105 cm³/mol. The normalized spacial score (nSPS) is 12.9. The van der Waals surface area contributed by atoms with Gasteiger partial charge in [-0.25, -0.2) is 14.1 Å². The van der Waals surface area contributed by atoms with Gasteiger partial charge in [-0.1, -0.05) is 12.1 Å². The van der Waals surface area contributed by atoms with E-state index >= 15 is 0 Å². The first-order valence-electron chi connectivity index (χ1n) is 8.89. The number of hydrogen-bond donors (Lipinski definition) is 0. The van der Waals surface area contributed by atoms with E-state index in [0.29, 0.717) is 23.7 Å². The van der Waals surface area contributed by atoms with E-state index < -0.39 is 0 Å². The number of hydrogen-bond acceptors (Lipinski definition) is 3. The van der Waals surface area contributed by atoms with Crippen LogP contribution < -0.4 is 4.90 Å². The van der Waals surface area contributed by atoms with Gasteiger partial charge in [0.2, 0.25) is 0 Å². The third-order valence-electron chi connectivity index (χ3n) is 4.76. The van der Waals surface area contributed by atoms with E-state index in [1.54, 1.807) is 40.0 Å². The summed E-state index contributed by atoms with van der Waals surface area (Å²) in [6, 6.07) is 10.1. The maximum atomic E-state index is 14.3. The third-order valence-corrected chi connectivity index (χ3v) is 5.23. The number of rotatable bonds is 4. The minimum atomic E-state index is -0.351. The Kier molecular flexibility index (Phi) is 4.78. The molecule has 1 aromatic carbocycles. The Morgan fingerprint density at radius 2 is 2.07 bits per heavy atom. The summed E-state index contributed by atoms with van der Waals surface area (Å²) in [5.41, 5.74) is 2.60. The number of nitrogens with zero attached hydrogens (tertiary/aromatic N) is 4. The molecule has 0 radical (unpaired) electrons. The smallest absolute Gasteiger partial charge is 0.280 e. The van der Waals surface area contributed by atoms with Gasteiger partial charge in [0.05, 0.1) is 0 Å². The van der Waals surface area contributed by atoms with E-state index in [1.165, 1.54) is 6.07 Å². The first-order chi connectivity index (χ1) is 13.1. The van der Waals surface area contributed by atoms with Crippen LogP contribution >= 0.6 is 15.9 Å². The lowest BCUT2D eigenvalue weighted by molar-refractivity contribution is 0.0981. The number of para-hydroxylation sites is 1. The lowest BCUT2D eigenvalue weighted by Crippen LogP contribution is -2.32. The third kappa shape index (κ3) is 3.16. The Morgan fingerprint density at radius 1 is 1.26 bits per heavy atom. The zero-order valence-corrected chi connectivity index (χ0v) is 16.4. The van der Waals surface area contributed by atoms with Crippen molar-refractivity contribution in [3.63, 3.8) is 0 Å². The van der Waals surface area contributed by atoms with Gasteiger partial charge >= 0.3 is 0 Å². The Balaban J connectivity index is 1.78. The number of pyridine rings is 1. The van der Waals surface area contributed by atoms with Crippen molar-refractivity contribution in [2.75, 3.05) is 11.4 Å². The maximum Gasteiger partial charge on any atom is 0.280 e. The van der Waals surface area contributed by atoms with Crippen LogP contribution in [-0.4, -0.2) is 27.2 Å². The van der Waals surface area contributed by atoms with Crippen LogP contribution in [0.25, 0.3) is 5.69 Å².